The Bertz CT molecular complexity index is 706. The number of nitrogens with one attached hydrogen (secondary N) is 1. The molecule has 0 bridgehead atoms. The van der Waals surface area contributed by atoms with Gasteiger partial charge in [0.15, 0.2) is 0 Å². The van der Waals surface area contributed by atoms with Crippen LogP contribution in [0.1, 0.15) is 35.2 Å². The van der Waals surface area contributed by atoms with Crippen molar-refractivity contribution < 1.29 is 8.42 Å². The second kappa shape index (κ2) is 6.41. The van der Waals surface area contributed by atoms with Gasteiger partial charge in [0.2, 0.25) is 10.0 Å². The van der Waals surface area contributed by atoms with Gasteiger partial charge in [-0.1, -0.05) is 59.7 Å². The third-order valence-corrected chi connectivity index (χ3v) is 4.80. The first-order valence-corrected chi connectivity index (χ1v) is 8.63. The maximum atomic E-state index is 12.3. The molecule has 0 saturated heterocycles. The lowest BCUT2D eigenvalue weighted by Crippen LogP contribution is -2.28. The molecule has 0 heterocycles. The van der Waals surface area contributed by atoms with Crippen LogP contribution in [0.15, 0.2) is 48.5 Å². The number of aryl methyl sites for hydroxylation is 2. The Kier molecular flexibility index (Phi) is 4.80. The molecular weight excluding hydrogens is 282 g/mol. The predicted molar refractivity (Wildman–Crippen MR) is 86.5 cm³/mol. The highest BCUT2D eigenvalue weighted by Crippen LogP contribution is 2.16. The summed E-state index contributed by atoms with van der Waals surface area (Å²) < 4.78 is 27.2. The summed E-state index contributed by atoms with van der Waals surface area (Å²) in [5.74, 6) is 0.00484. The lowest BCUT2D eigenvalue weighted by atomic mass is 10.1. The summed E-state index contributed by atoms with van der Waals surface area (Å²) in [7, 11) is -3.36. The zero-order chi connectivity index (χ0) is 15.5. The van der Waals surface area contributed by atoms with Crippen LogP contribution >= 0.6 is 0 Å². The molecule has 0 aromatic heterocycles. The van der Waals surface area contributed by atoms with Crippen molar-refractivity contribution in [2.45, 2.75) is 32.6 Å². The zero-order valence-corrected chi connectivity index (χ0v) is 13.4. The van der Waals surface area contributed by atoms with Crippen LogP contribution in [0, 0.1) is 13.8 Å². The SMILES string of the molecule is Cc1ccc([C@H](C)NS(=O)(=O)Cc2cccc(C)c2)cc1. The van der Waals surface area contributed by atoms with Crippen molar-refractivity contribution in [3.05, 3.63) is 70.8 Å². The summed E-state index contributed by atoms with van der Waals surface area (Å²) in [5, 5.41) is 0. The van der Waals surface area contributed by atoms with Gasteiger partial charge >= 0.3 is 0 Å². The van der Waals surface area contributed by atoms with Crippen molar-refractivity contribution in [1.29, 1.82) is 0 Å². The molecule has 1 atom stereocenters. The third kappa shape index (κ3) is 4.69. The number of hydrogen-bond donors (Lipinski definition) is 1. The van der Waals surface area contributed by atoms with E-state index < -0.39 is 10.0 Å². The van der Waals surface area contributed by atoms with Gasteiger partial charge in [0, 0.05) is 6.04 Å². The van der Waals surface area contributed by atoms with Crippen LogP contribution in [0.2, 0.25) is 0 Å². The molecule has 4 heteroatoms. The first kappa shape index (κ1) is 15.7. The van der Waals surface area contributed by atoms with E-state index in [1.165, 1.54) is 0 Å². The molecule has 0 aliphatic heterocycles. The molecule has 2 rings (SSSR count). The van der Waals surface area contributed by atoms with Gasteiger partial charge < -0.3 is 0 Å². The largest absolute Gasteiger partial charge is 0.216 e. The average molecular weight is 303 g/mol. The predicted octanol–water partition coefficient (Wildman–Crippen LogP) is 3.48. The first-order valence-electron chi connectivity index (χ1n) is 6.98. The van der Waals surface area contributed by atoms with Crippen LogP contribution < -0.4 is 4.72 Å². The first-order chi connectivity index (χ1) is 9.85. The van der Waals surface area contributed by atoms with Crippen molar-refractivity contribution in [3.63, 3.8) is 0 Å². The Morgan fingerprint density at radius 2 is 1.67 bits per heavy atom. The Balaban J connectivity index is 2.08. The monoisotopic (exact) mass is 303 g/mol. The molecule has 0 aliphatic rings. The van der Waals surface area contributed by atoms with E-state index in [4.69, 9.17) is 0 Å². The number of hydrogen-bond acceptors (Lipinski definition) is 2. The molecule has 0 radical (unpaired) electrons. The lowest BCUT2D eigenvalue weighted by molar-refractivity contribution is 0.566. The second-order valence-corrected chi connectivity index (χ2v) is 7.25. The second-order valence-electron chi connectivity index (χ2n) is 5.50. The standard InChI is InChI=1S/C17H21NO2S/c1-13-7-9-17(10-8-13)15(3)18-21(19,20)12-16-6-4-5-14(2)11-16/h4-11,15,18H,12H2,1-3H3/t15-/m0/s1. The normalized spacial score (nSPS) is 13.1. The van der Waals surface area contributed by atoms with Gasteiger partial charge in [-0.2, -0.15) is 0 Å². The van der Waals surface area contributed by atoms with Gasteiger partial charge in [0.05, 0.1) is 5.75 Å². The van der Waals surface area contributed by atoms with Crippen molar-refractivity contribution in [2.24, 2.45) is 0 Å². The van der Waals surface area contributed by atoms with Crippen molar-refractivity contribution in [1.82, 2.24) is 4.72 Å². The smallest absolute Gasteiger partial charge is 0.212 e. The summed E-state index contributed by atoms with van der Waals surface area (Å²) in [6.45, 7) is 5.83. The van der Waals surface area contributed by atoms with Crippen LogP contribution in [0.25, 0.3) is 0 Å². The van der Waals surface area contributed by atoms with E-state index in [9.17, 15) is 8.42 Å². The lowest BCUT2D eigenvalue weighted by Gasteiger charge is -2.15. The van der Waals surface area contributed by atoms with E-state index in [-0.39, 0.29) is 11.8 Å². The highest BCUT2D eigenvalue weighted by Gasteiger charge is 2.16. The molecule has 3 nitrogen and oxygen atoms in total. The van der Waals surface area contributed by atoms with Gasteiger partial charge in [-0.3, -0.25) is 0 Å². The fraction of sp³-hybridized carbons (Fsp3) is 0.294. The van der Waals surface area contributed by atoms with Gasteiger partial charge in [-0.05, 0) is 31.9 Å². The highest BCUT2D eigenvalue weighted by atomic mass is 32.2. The van der Waals surface area contributed by atoms with E-state index in [1.54, 1.807) is 0 Å². The topological polar surface area (TPSA) is 46.2 Å². The molecule has 2 aromatic carbocycles. The van der Waals surface area contributed by atoms with E-state index >= 15 is 0 Å². The molecule has 0 amide bonds. The Morgan fingerprint density at radius 1 is 1.00 bits per heavy atom. The van der Waals surface area contributed by atoms with E-state index in [0.29, 0.717) is 0 Å². The number of sulfonamides is 1. The van der Waals surface area contributed by atoms with Gasteiger partial charge in [-0.25, -0.2) is 13.1 Å². The molecule has 0 saturated carbocycles. The molecule has 0 unspecified atom stereocenters. The third-order valence-electron chi connectivity index (χ3n) is 3.37. The minimum atomic E-state index is -3.36. The van der Waals surface area contributed by atoms with Crippen molar-refractivity contribution >= 4 is 10.0 Å². The molecule has 112 valence electrons. The Labute approximate surface area is 127 Å². The molecule has 1 N–H and O–H groups in total. The summed E-state index contributed by atoms with van der Waals surface area (Å²) in [6.07, 6.45) is 0. The average Bonchev–Trinajstić information content (AvgIpc) is 2.38. The van der Waals surface area contributed by atoms with Crippen molar-refractivity contribution in [3.8, 4) is 0 Å². The maximum absolute atomic E-state index is 12.3. The van der Waals surface area contributed by atoms with Gasteiger partial charge in [0.1, 0.15) is 0 Å². The molecular formula is C17H21NO2S. The molecule has 0 spiro atoms. The Morgan fingerprint density at radius 3 is 2.29 bits per heavy atom. The summed E-state index contributed by atoms with van der Waals surface area (Å²) in [6, 6.07) is 15.2. The summed E-state index contributed by atoms with van der Waals surface area (Å²) in [5.41, 5.74) is 4.00. The fourth-order valence-electron chi connectivity index (χ4n) is 2.26. The highest BCUT2D eigenvalue weighted by molar-refractivity contribution is 7.88. The van der Waals surface area contributed by atoms with Crippen LogP contribution in [0.5, 0.6) is 0 Å². The minimum absolute atomic E-state index is 0.00484. The van der Waals surface area contributed by atoms with Crippen LogP contribution in [-0.2, 0) is 15.8 Å². The van der Waals surface area contributed by atoms with Crippen molar-refractivity contribution in [2.75, 3.05) is 0 Å². The maximum Gasteiger partial charge on any atom is 0.216 e. The molecule has 2 aromatic rings. The van der Waals surface area contributed by atoms with E-state index in [2.05, 4.69) is 4.72 Å². The Hall–Kier alpha value is -1.65. The summed E-state index contributed by atoms with van der Waals surface area (Å²) >= 11 is 0. The summed E-state index contributed by atoms with van der Waals surface area (Å²) in [4.78, 5) is 0. The number of rotatable bonds is 5. The quantitative estimate of drug-likeness (QED) is 0.919. The van der Waals surface area contributed by atoms with Crippen LogP contribution in [0.4, 0.5) is 0 Å². The van der Waals surface area contributed by atoms with E-state index in [1.807, 2.05) is 69.3 Å². The minimum Gasteiger partial charge on any atom is -0.212 e. The molecule has 0 aliphatic carbocycles. The zero-order valence-electron chi connectivity index (χ0n) is 12.6. The van der Waals surface area contributed by atoms with Gasteiger partial charge in [-0.15, -0.1) is 0 Å². The van der Waals surface area contributed by atoms with E-state index in [0.717, 1.165) is 22.3 Å². The van der Waals surface area contributed by atoms with Gasteiger partial charge in [0.25, 0.3) is 0 Å². The number of benzene rings is 2. The van der Waals surface area contributed by atoms with Crippen LogP contribution in [-0.4, -0.2) is 8.42 Å². The van der Waals surface area contributed by atoms with Crippen LogP contribution in [0.3, 0.4) is 0 Å². The fourth-order valence-corrected chi connectivity index (χ4v) is 3.63. The molecule has 21 heavy (non-hydrogen) atoms. The molecule has 0 fully saturated rings.